The Morgan fingerprint density at radius 3 is 1.85 bits per heavy atom. The zero-order valence-corrected chi connectivity index (χ0v) is 14.5. The Labute approximate surface area is 152 Å². The molecule has 0 saturated carbocycles. The van der Waals surface area contributed by atoms with Crippen LogP contribution >= 0.6 is 0 Å². The highest BCUT2D eigenvalue weighted by molar-refractivity contribution is 5.77. The maximum absolute atomic E-state index is 4.14. The number of hydrogen-bond acceptors (Lipinski definition) is 6. The van der Waals surface area contributed by atoms with Gasteiger partial charge in [0.1, 0.15) is 0 Å². The van der Waals surface area contributed by atoms with E-state index in [0.717, 1.165) is 48.0 Å². The molecule has 0 aliphatic carbocycles. The molecule has 2 N–H and O–H groups in total. The zero-order valence-electron chi connectivity index (χ0n) is 14.5. The van der Waals surface area contributed by atoms with Gasteiger partial charge in [0.05, 0.1) is 17.2 Å². The molecule has 6 heteroatoms. The Hall–Kier alpha value is -2.96. The minimum atomic E-state index is 0.949. The third-order valence-electron chi connectivity index (χ3n) is 3.77. The van der Waals surface area contributed by atoms with Crippen LogP contribution < -0.4 is 10.6 Å². The van der Waals surface area contributed by atoms with Crippen LogP contribution in [-0.4, -0.2) is 46.1 Å². The van der Waals surface area contributed by atoms with Gasteiger partial charge in [-0.3, -0.25) is 19.9 Å². The van der Waals surface area contributed by atoms with Gasteiger partial charge in [-0.25, -0.2) is 0 Å². The molecule has 0 bridgehead atoms. The smallest absolute Gasteiger partial charge is 0.0885 e. The number of piperazine rings is 1. The second-order valence-electron chi connectivity index (χ2n) is 5.64. The topological polar surface area (TPSA) is 75.6 Å². The van der Waals surface area contributed by atoms with Crippen LogP contribution in [0.25, 0.3) is 21.8 Å². The highest BCUT2D eigenvalue weighted by Gasteiger charge is 1.91. The van der Waals surface area contributed by atoms with Crippen molar-refractivity contribution in [1.29, 1.82) is 0 Å². The molecule has 132 valence electrons. The molecule has 0 spiro atoms. The lowest BCUT2D eigenvalue weighted by atomic mass is 10.3. The molecule has 4 aromatic rings. The van der Waals surface area contributed by atoms with Gasteiger partial charge in [-0.15, -0.1) is 0 Å². The summed E-state index contributed by atoms with van der Waals surface area (Å²) in [6, 6.07) is 11.7. The molecule has 4 aromatic heterocycles. The molecular formula is C20H22N6. The highest BCUT2D eigenvalue weighted by atomic mass is 15.0. The van der Waals surface area contributed by atoms with Crippen molar-refractivity contribution in [2.45, 2.75) is 0 Å². The van der Waals surface area contributed by atoms with Gasteiger partial charge in [0.2, 0.25) is 0 Å². The summed E-state index contributed by atoms with van der Waals surface area (Å²) >= 11 is 0. The molecule has 1 fully saturated rings. The number of hydrogen-bond donors (Lipinski definition) is 2. The summed E-state index contributed by atoms with van der Waals surface area (Å²) in [5.74, 6) is 0. The Morgan fingerprint density at radius 2 is 1.19 bits per heavy atom. The van der Waals surface area contributed by atoms with Crippen LogP contribution in [0.5, 0.6) is 0 Å². The fourth-order valence-electron chi connectivity index (χ4n) is 2.43. The number of nitrogens with zero attached hydrogens (tertiary/aromatic N) is 4. The summed E-state index contributed by atoms with van der Waals surface area (Å²) in [5.41, 5.74) is 1.95. The molecule has 1 saturated heterocycles. The first kappa shape index (κ1) is 17.8. The van der Waals surface area contributed by atoms with Gasteiger partial charge >= 0.3 is 0 Å². The summed E-state index contributed by atoms with van der Waals surface area (Å²) in [7, 11) is 0. The normalized spacial score (nSPS) is 13.2. The summed E-state index contributed by atoms with van der Waals surface area (Å²) < 4.78 is 0. The average Bonchev–Trinajstić information content (AvgIpc) is 2.76. The molecule has 5 heterocycles. The molecule has 0 atom stereocenters. The number of aromatic nitrogens is 4. The van der Waals surface area contributed by atoms with Crippen molar-refractivity contribution >= 4 is 21.8 Å². The predicted molar refractivity (Wildman–Crippen MR) is 105 cm³/mol. The van der Waals surface area contributed by atoms with Gasteiger partial charge < -0.3 is 10.6 Å². The van der Waals surface area contributed by atoms with Crippen LogP contribution in [0.3, 0.4) is 0 Å². The molecule has 5 rings (SSSR count). The maximum Gasteiger partial charge on any atom is 0.0885 e. The van der Waals surface area contributed by atoms with Crippen LogP contribution in [-0.2, 0) is 0 Å². The fourth-order valence-corrected chi connectivity index (χ4v) is 2.43. The first-order valence-corrected chi connectivity index (χ1v) is 8.64. The van der Waals surface area contributed by atoms with E-state index in [1.54, 1.807) is 31.0 Å². The minimum absolute atomic E-state index is 0.949. The Balaban J connectivity index is 0.000000117. The minimum Gasteiger partial charge on any atom is -0.314 e. The van der Waals surface area contributed by atoms with E-state index in [-0.39, 0.29) is 0 Å². The first-order chi connectivity index (χ1) is 12.9. The van der Waals surface area contributed by atoms with Crippen molar-refractivity contribution in [2.75, 3.05) is 26.2 Å². The molecule has 1 aliphatic rings. The SMILES string of the molecule is C1CNCCN1.c1cnc2ccncc2c1.c1cnc2cnccc2c1. The van der Waals surface area contributed by atoms with Crippen LogP contribution in [0, 0.1) is 0 Å². The van der Waals surface area contributed by atoms with Crippen molar-refractivity contribution < 1.29 is 0 Å². The van der Waals surface area contributed by atoms with Crippen molar-refractivity contribution in [3.8, 4) is 0 Å². The van der Waals surface area contributed by atoms with E-state index >= 15 is 0 Å². The fraction of sp³-hybridized carbons (Fsp3) is 0.200. The van der Waals surface area contributed by atoms with Gasteiger partial charge in [0.25, 0.3) is 0 Å². The van der Waals surface area contributed by atoms with Crippen molar-refractivity contribution in [1.82, 2.24) is 30.6 Å². The van der Waals surface area contributed by atoms with E-state index in [9.17, 15) is 0 Å². The summed E-state index contributed by atoms with van der Waals surface area (Å²) in [5, 5.41) is 8.67. The van der Waals surface area contributed by atoms with Crippen LogP contribution in [0.4, 0.5) is 0 Å². The number of nitrogens with one attached hydrogen (secondary N) is 2. The maximum atomic E-state index is 4.14. The average molecular weight is 346 g/mol. The second-order valence-corrected chi connectivity index (χ2v) is 5.64. The standard InChI is InChI=1S/2C8H6N2.C4H10N2/c1-2-7-6-9-5-3-8(7)10-4-1;1-2-7-3-5-9-6-8(7)10-4-1;1-2-6-4-3-5-1/h2*1-6H;5-6H,1-4H2. The van der Waals surface area contributed by atoms with E-state index in [1.807, 2.05) is 42.6 Å². The van der Waals surface area contributed by atoms with Gasteiger partial charge in [-0.2, -0.15) is 0 Å². The van der Waals surface area contributed by atoms with E-state index in [2.05, 4.69) is 30.6 Å². The summed E-state index contributed by atoms with van der Waals surface area (Å²) in [6.07, 6.45) is 10.6. The van der Waals surface area contributed by atoms with E-state index in [4.69, 9.17) is 0 Å². The Bertz CT molecular complexity index is 710. The third-order valence-corrected chi connectivity index (χ3v) is 3.77. The quantitative estimate of drug-likeness (QED) is 0.509. The number of rotatable bonds is 0. The molecule has 1 aliphatic heterocycles. The lowest BCUT2D eigenvalue weighted by molar-refractivity contribution is 0.534. The molecular weight excluding hydrogens is 324 g/mol. The molecule has 0 unspecified atom stereocenters. The van der Waals surface area contributed by atoms with Gasteiger partial charge in [0, 0.05) is 67.9 Å². The first-order valence-electron chi connectivity index (χ1n) is 8.64. The van der Waals surface area contributed by atoms with E-state index < -0.39 is 0 Å². The number of fused-ring (bicyclic) bond motifs is 2. The zero-order chi connectivity index (χ0) is 17.9. The lowest BCUT2D eigenvalue weighted by Gasteiger charge is -2.11. The van der Waals surface area contributed by atoms with Gasteiger partial charge in [-0.1, -0.05) is 6.07 Å². The highest BCUT2D eigenvalue weighted by Crippen LogP contribution is 2.06. The van der Waals surface area contributed by atoms with Crippen LogP contribution in [0.1, 0.15) is 0 Å². The number of pyridine rings is 4. The summed E-state index contributed by atoms with van der Waals surface area (Å²) in [6.45, 7) is 4.56. The molecule has 26 heavy (non-hydrogen) atoms. The van der Waals surface area contributed by atoms with Crippen LogP contribution in [0.2, 0.25) is 0 Å². The van der Waals surface area contributed by atoms with Gasteiger partial charge in [0.15, 0.2) is 0 Å². The van der Waals surface area contributed by atoms with Crippen molar-refractivity contribution in [2.24, 2.45) is 0 Å². The molecule has 6 nitrogen and oxygen atoms in total. The Morgan fingerprint density at radius 1 is 0.577 bits per heavy atom. The monoisotopic (exact) mass is 346 g/mol. The van der Waals surface area contributed by atoms with Gasteiger partial charge in [-0.05, 0) is 30.3 Å². The van der Waals surface area contributed by atoms with E-state index in [0.29, 0.717) is 0 Å². The third kappa shape index (κ3) is 5.54. The largest absolute Gasteiger partial charge is 0.314 e. The van der Waals surface area contributed by atoms with Crippen molar-refractivity contribution in [3.63, 3.8) is 0 Å². The predicted octanol–water partition coefficient (Wildman–Crippen LogP) is 2.44. The van der Waals surface area contributed by atoms with Crippen LogP contribution in [0.15, 0.2) is 73.6 Å². The molecule has 0 radical (unpaired) electrons. The Kier molecular flexibility index (Phi) is 6.95. The second kappa shape index (κ2) is 10.1. The molecule has 0 aromatic carbocycles. The summed E-state index contributed by atoms with van der Waals surface area (Å²) in [4.78, 5) is 16.2. The van der Waals surface area contributed by atoms with E-state index in [1.165, 1.54) is 0 Å². The lowest BCUT2D eigenvalue weighted by Crippen LogP contribution is -2.39. The van der Waals surface area contributed by atoms with Crippen molar-refractivity contribution in [3.05, 3.63) is 73.6 Å². The molecule has 0 amide bonds.